The van der Waals surface area contributed by atoms with Crippen molar-refractivity contribution in [3.8, 4) is 0 Å². The van der Waals surface area contributed by atoms with Crippen molar-refractivity contribution in [2.24, 2.45) is 0 Å². The van der Waals surface area contributed by atoms with Gasteiger partial charge in [-0.1, -0.05) is 0 Å². The van der Waals surface area contributed by atoms with Crippen molar-refractivity contribution in [3.63, 3.8) is 0 Å². The largest absolute Gasteiger partial charge is 0.343 e. The number of rotatable bonds is 7. The Morgan fingerprint density at radius 1 is 1.53 bits per heavy atom. The van der Waals surface area contributed by atoms with Gasteiger partial charge in [-0.2, -0.15) is 5.10 Å². The molecule has 0 aromatic carbocycles. The summed E-state index contributed by atoms with van der Waals surface area (Å²) in [5.41, 5.74) is 1.19. The molecule has 0 saturated carbocycles. The molecule has 2 heterocycles. The van der Waals surface area contributed by atoms with Crippen LogP contribution in [0.3, 0.4) is 0 Å². The molecule has 1 aliphatic rings. The topological polar surface area (TPSA) is 50.2 Å². The number of amides is 1. The van der Waals surface area contributed by atoms with E-state index >= 15 is 0 Å². The standard InChI is InChI=1S/C14H24N4O/c1-12-9-16-18(10-12)11-13(2)15-6-4-8-17-7-3-5-14(17)19/h9-10,13,15H,3-8,11H2,1-2H3. The Labute approximate surface area is 115 Å². The number of hydrogen-bond acceptors (Lipinski definition) is 3. The van der Waals surface area contributed by atoms with Crippen molar-refractivity contribution < 1.29 is 4.79 Å². The summed E-state index contributed by atoms with van der Waals surface area (Å²) in [6, 6.07) is 0.397. The summed E-state index contributed by atoms with van der Waals surface area (Å²) in [7, 11) is 0. The molecule has 0 bridgehead atoms. The van der Waals surface area contributed by atoms with Gasteiger partial charge in [0, 0.05) is 31.7 Å². The minimum atomic E-state index is 0.320. The van der Waals surface area contributed by atoms with E-state index in [0.717, 1.165) is 45.4 Å². The Bertz CT molecular complexity index is 415. The van der Waals surface area contributed by atoms with Gasteiger partial charge in [0.1, 0.15) is 0 Å². The van der Waals surface area contributed by atoms with E-state index in [1.165, 1.54) is 5.56 Å². The van der Waals surface area contributed by atoms with Crippen LogP contribution < -0.4 is 5.32 Å². The highest BCUT2D eigenvalue weighted by atomic mass is 16.2. The summed E-state index contributed by atoms with van der Waals surface area (Å²) in [5.74, 6) is 0.320. The Kier molecular flexibility index (Phi) is 4.96. The molecular formula is C14H24N4O. The van der Waals surface area contributed by atoms with Crippen LogP contribution in [0.5, 0.6) is 0 Å². The van der Waals surface area contributed by atoms with Gasteiger partial charge in [0.05, 0.1) is 12.7 Å². The highest BCUT2D eigenvalue weighted by Crippen LogP contribution is 2.09. The third kappa shape index (κ3) is 4.35. The van der Waals surface area contributed by atoms with Crippen molar-refractivity contribution in [2.75, 3.05) is 19.6 Å². The van der Waals surface area contributed by atoms with Gasteiger partial charge in [-0.15, -0.1) is 0 Å². The molecule has 1 N–H and O–H groups in total. The maximum atomic E-state index is 11.4. The monoisotopic (exact) mass is 264 g/mol. The lowest BCUT2D eigenvalue weighted by atomic mass is 10.3. The molecule has 2 rings (SSSR count). The van der Waals surface area contributed by atoms with Crippen molar-refractivity contribution in [1.82, 2.24) is 20.0 Å². The van der Waals surface area contributed by atoms with Crippen LogP contribution >= 0.6 is 0 Å². The third-order valence-corrected chi connectivity index (χ3v) is 3.49. The number of aryl methyl sites for hydroxylation is 1. The molecule has 1 fully saturated rings. The Morgan fingerprint density at radius 3 is 3.00 bits per heavy atom. The van der Waals surface area contributed by atoms with Crippen LogP contribution in [0.25, 0.3) is 0 Å². The Balaban J connectivity index is 1.58. The van der Waals surface area contributed by atoms with Crippen LogP contribution in [0.1, 0.15) is 31.7 Å². The van der Waals surface area contributed by atoms with Gasteiger partial charge in [0.25, 0.3) is 0 Å². The lowest BCUT2D eigenvalue weighted by molar-refractivity contribution is -0.127. The smallest absolute Gasteiger partial charge is 0.222 e. The maximum Gasteiger partial charge on any atom is 0.222 e. The van der Waals surface area contributed by atoms with Crippen molar-refractivity contribution in [3.05, 3.63) is 18.0 Å². The number of nitrogens with zero attached hydrogens (tertiary/aromatic N) is 3. The molecule has 106 valence electrons. The van der Waals surface area contributed by atoms with Gasteiger partial charge in [-0.25, -0.2) is 0 Å². The molecule has 0 aliphatic carbocycles. The zero-order chi connectivity index (χ0) is 13.7. The van der Waals surface area contributed by atoms with Crippen LogP contribution in [-0.2, 0) is 11.3 Å². The first kappa shape index (κ1) is 14.1. The summed E-state index contributed by atoms with van der Waals surface area (Å²) < 4.78 is 1.97. The highest BCUT2D eigenvalue weighted by Gasteiger charge is 2.18. The maximum absolute atomic E-state index is 11.4. The second kappa shape index (κ2) is 6.70. The van der Waals surface area contributed by atoms with Crippen LogP contribution in [0.15, 0.2) is 12.4 Å². The first-order valence-electron chi connectivity index (χ1n) is 7.15. The average molecular weight is 264 g/mol. The quantitative estimate of drug-likeness (QED) is 0.752. The molecule has 1 saturated heterocycles. The van der Waals surface area contributed by atoms with Gasteiger partial charge in [-0.05, 0) is 38.8 Å². The highest BCUT2D eigenvalue weighted by molar-refractivity contribution is 5.77. The second-order valence-electron chi connectivity index (χ2n) is 5.43. The molecule has 1 aromatic heterocycles. The van der Waals surface area contributed by atoms with E-state index in [0.29, 0.717) is 11.9 Å². The van der Waals surface area contributed by atoms with Crippen molar-refractivity contribution in [2.45, 2.75) is 45.7 Å². The summed E-state index contributed by atoms with van der Waals surface area (Å²) in [5, 5.41) is 7.76. The normalized spacial score (nSPS) is 17.2. The number of carbonyl (C=O) groups excluding carboxylic acids is 1. The number of likely N-dealkylation sites (tertiary alicyclic amines) is 1. The fraction of sp³-hybridized carbons (Fsp3) is 0.714. The molecule has 5 heteroatoms. The molecule has 0 spiro atoms. The van der Waals surface area contributed by atoms with Crippen molar-refractivity contribution in [1.29, 1.82) is 0 Å². The van der Waals surface area contributed by atoms with Crippen LogP contribution in [0, 0.1) is 6.92 Å². The minimum absolute atomic E-state index is 0.320. The lowest BCUT2D eigenvalue weighted by Crippen LogP contribution is -2.34. The molecule has 1 aliphatic heterocycles. The minimum Gasteiger partial charge on any atom is -0.343 e. The first-order chi connectivity index (χ1) is 9.15. The molecular weight excluding hydrogens is 240 g/mol. The Hall–Kier alpha value is -1.36. The predicted octanol–water partition coefficient (Wildman–Crippen LogP) is 1.18. The SMILES string of the molecule is Cc1cnn(CC(C)NCCCN2CCCC2=O)c1. The summed E-state index contributed by atoms with van der Waals surface area (Å²) in [6.45, 7) is 7.88. The molecule has 1 aromatic rings. The van der Waals surface area contributed by atoms with Crippen LogP contribution in [-0.4, -0.2) is 46.3 Å². The van der Waals surface area contributed by atoms with Gasteiger partial charge < -0.3 is 10.2 Å². The van der Waals surface area contributed by atoms with E-state index in [1.807, 2.05) is 15.8 Å². The van der Waals surface area contributed by atoms with E-state index in [4.69, 9.17) is 0 Å². The number of nitrogens with one attached hydrogen (secondary N) is 1. The first-order valence-corrected chi connectivity index (χ1v) is 7.15. The number of carbonyl (C=O) groups is 1. The van der Waals surface area contributed by atoms with E-state index in [1.54, 1.807) is 0 Å². The van der Waals surface area contributed by atoms with Gasteiger partial charge in [0.15, 0.2) is 0 Å². The summed E-state index contributed by atoms with van der Waals surface area (Å²) in [6.07, 6.45) is 6.73. The van der Waals surface area contributed by atoms with E-state index < -0.39 is 0 Å². The van der Waals surface area contributed by atoms with Gasteiger partial charge in [-0.3, -0.25) is 9.48 Å². The molecule has 1 amide bonds. The van der Waals surface area contributed by atoms with Gasteiger partial charge in [0.2, 0.25) is 5.91 Å². The zero-order valence-corrected chi connectivity index (χ0v) is 11.9. The van der Waals surface area contributed by atoms with E-state index in [9.17, 15) is 4.79 Å². The molecule has 0 radical (unpaired) electrons. The van der Waals surface area contributed by atoms with Crippen LogP contribution in [0.4, 0.5) is 0 Å². The summed E-state index contributed by atoms with van der Waals surface area (Å²) in [4.78, 5) is 13.4. The number of aromatic nitrogens is 2. The lowest BCUT2D eigenvalue weighted by Gasteiger charge is -2.17. The second-order valence-corrected chi connectivity index (χ2v) is 5.43. The van der Waals surface area contributed by atoms with E-state index in [-0.39, 0.29) is 0 Å². The Morgan fingerprint density at radius 2 is 2.37 bits per heavy atom. The van der Waals surface area contributed by atoms with Gasteiger partial charge >= 0.3 is 0 Å². The van der Waals surface area contributed by atoms with E-state index in [2.05, 4.69) is 30.5 Å². The molecule has 5 nitrogen and oxygen atoms in total. The van der Waals surface area contributed by atoms with Crippen LogP contribution in [0.2, 0.25) is 0 Å². The average Bonchev–Trinajstić information content (AvgIpc) is 2.94. The fourth-order valence-electron chi connectivity index (χ4n) is 2.47. The summed E-state index contributed by atoms with van der Waals surface area (Å²) >= 11 is 0. The zero-order valence-electron chi connectivity index (χ0n) is 11.9. The molecule has 1 atom stereocenters. The number of hydrogen-bond donors (Lipinski definition) is 1. The molecule has 19 heavy (non-hydrogen) atoms. The fourth-order valence-corrected chi connectivity index (χ4v) is 2.47. The molecule has 1 unspecified atom stereocenters. The van der Waals surface area contributed by atoms with Crippen molar-refractivity contribution >= 4 is 5.91 Å². The predicted molar refractivity (Wildman–Crippen MR) is 74.9 cm³/mol. The third-order valence-electron chi connectivity index (χ3n) is 3.49.